The fraction of sp³-hybridized carbons (Fsp3) is 0.111. The summed E-state index contributed by atoms with van der Waals surface area (Å²) < 4.78 is 5.82. The van der Waals surface area contributed by atoms with Gasteiger partial charge in [-0.2, -0.15) is 15.2 Å². The number of hydrogen-bond donors (Lipinski definition) is 2. The molecule has 88 valence electrons. The van der Waals surface area contributed by atoms with Crippen molar-refractivity contribution in [2.24, 2.45) is 5.10 Å². The van der Waals surface area contributed by atoms with Crippen molar-refractivity contribution in [1.82, 2.24) is 15.2 Å². The lowest BCUT2D eigenvalue weighted by Crippen LogP contribution is -2.15. The van der Waals surface area contributed by atoms with Crippen molar-refractivity contribution in [2.45, 2.75) is 6.92 Å². The molecule has 7 nitrogen and oxygen atoms in total. The number of aryl methyl sites for hydroxylation is 1. The van der Waals surface area contributed by atoms with Gasteiger partial charge in [-0.25, -0.2) is 9.89 Å². The summed E-state index contributed by atoms with van der Waals surface area (Å²) in [6, 6.07) is 3.49. The van der Waals surface area contributed by atoms with Gasteiger partial charge in [0, 0.05) is 0 Å². The van der Waals surface area contributed by atoms with Gasteiger partial charge in [0.15, 0.2) is 10.5 Å². The zero-order valence-corrected chi connectivity index (χ0v) is 10.4. The molecule has 0 aliphatic heterocycles. The first kappa shape index (κ1) is 11.5. The molecule has 0 saturated heterocycles. The van der Waals surface area contributed by atoms with E-state index in [0.717, 1.165) is 0 Å². The average Bonchev–Trinajstić information content (AvgIpc) is 2.69. The summed E-state index contributed by atoms with van der Waals surface area (Å²) in [5.41, 5.74) is 2.62. The van der Waals surface area contributed by atoms with Gasteiger partial charge in [0.05, 0.1) is 6.21 Å². The van der Waals surface area contributed by atoms with Crippen molar-refractivity contribution < 1.29 is 4.42 Å². The van der Waals surface area contributed by atoms with Crippen LogP contribution in [0.15, 0.2) is 31.1 Å². The van der Waals surface area contributed by atoms with Crippen LogP contribution in [0.2, 0.25) is 0 Å². The molecule has 0 aliphatic carbocycles. The number of nitrogens with zero attached hydrogens (tertiary/aromatic N) is 3. The highest BCUT2D eigenvalue weighted by molar-refractivity contribution is 9.10. The number of furan rings is 1. The molecule has 0 radical (unpaired) electrons. The molecule has 0 unspecified atom stereocenters. The van der Waals surface area contributed by atoms with E-state index in [2.05, 4.69) is 41.6 Å². The van der Waals surface area contributed by atoms with Gasteiger partial charge in [0.25, 0.3) is 0 Å². The van der Waals surface area contributed by atoms with Crippen LogP contribution in [-0.4, -0.2) is 21.4 Å². The zero-order chi connectivity index (χ0) is 12.3. The van der Waals surface area contributed by atoms with Crippen LogP contribution in [-0.2, 0) is 0 Å². The Balaban J connectivity index is 2.09. The minimum atomic E-state index is -0.533. The van der Waals surface area contributed by atoms with Gasteiger partial charge in [-0.1, -0.05) is 0 Å². The standard InChI is InChI=1S/C9H8BrN5O2/c1-5-8(12-9(16)15-13-5)14-11-4-6-2-3-7(10)17-6/h2-4H,1H3,(H2,12,14,15,16). The molecule has 0 fully saturated rings. The van der Waals surface area contributed by atoms with Crippen LogP contribution >= 0.6 is 15.9 Å². The summed E-state index contributed by atoms with van der Waals surface area (Å²) in [5.74, 6) is 0.871. The molecule has 0 bridgehead atoms. The maximum Gasteiger partial charge on any atom is 0.363 e. The molecular weight excluding hydrogens is 290 g/mol. The van der Waals surface area contributed by atoms with Crippen LogP contribution in [0.3, 0.4) is 0 Å². The predicted molar refractivity (Wildman–Crippen MR) is 65.0 cm³/mol. The molecule has 2 N–H and O–H groups in total. The average molecular weight is 298 g/mol. The molecular formula is C9H8BrN5O2. The van der Waals surface area contributed by atoms with Crippen LogP contribution in [0.4, 0.5) is 5.82 Å². The highest BCUT2D eigenvalue weighted by atomic mass is 79.9. The number of halogens is 1. The van der Waals surface area contributed by atoms with E-state index >= 15 is 0 Å². The quantitative estimate of drug-likeness (QED) is 0.657. The number of H-pyrrole nitrogens is 1. The number of rotatable bonds is 3. The number of hydrogen-bond acceptors (Lipinski definition) is 6. The molecule has 0 saturated carbocycles. The Hall–Kier alpha value is -1.96. The van der Waals surface area contributed by atoms with E-state index in [4.69, 9.17) is 4.42 Å². The van der Waals surface area contributed by atoms with Gasteiger partial charge in [-0.05, 0) is 35.0 Å². The lowest BCUT2D eigenvalue weighted by molar-refractivity contribution is 0.534. The largest absolute Gasteiger partial charge is 0.448 e. The second-order valence-corrected chi connectivity index (χ2v) is 3.87. The van der Waals surface area contributed by atoms with Gasteiger partial charge in [0.1, 0.15) is 11.5 Å². The lowest BCUT2D eigenvalue weighted by atomic mass is 10.5. The zero-order valence-electron chi connectivity index (χ0n) is 8.77. The molecule has 0 atom stereocenters. The van der Waals surface area contributed by atoms with E-state index in [9.17, 15) is 4.79 Å². The van der Waals surface area contributed by atoms with E-state index in [-0.39, 0.29) is 0 Å². The third kappa shape index (κ3) is 3.00. The Morgan fingerprint density at radius 2 is 2.41 bits per heavy atom. The summed E-state index contributed by atoms with van der Waals surface area (Å²) >= 11 is 3.17. The maximum absolute atomic E-state index is 10.9. The first-order valence-corrected chi connectivity index (χ1v) is 5.42. The molecule has 2 rings (SSSR count). The van der Waals surface area contributed by atoms with Crippen LogP contribution in [0.1, 0.15) is 11.5 Å². The van der Waals surface area contributed by atoms with Crippen molar-refractivity contribution in [1.29, 1.82) is 0 Å². The minimum absolute atomic E-state index is 0.302. The summed E-state index contributed by atoms with van der Waals surface area (Å²) in [4.78, 5) is 14.6. The summed E-state index contributed by atoms with van der Waals surface area (Å²) in [6.07, 6.45) is 1.47. The van der Waals surface area contributed by atoms with E-state index < -0.39 is 5.69 Å². The smallest absolute Gasteiger partial charge is 0.363 e. The fourth-order valence-corrected chi connectivity index (χ4v) is 1.37. The second kappa shape index (κ2) is 4.91. The highest BCUT2D eigenvalue weighted by Crippen LogP contribution is 2.12. The van der Waals surface area contributed by atoms with Crippen molar-refractivity contribution in [3.8, 4) is 0 Å². The van der Waals surface area contributed by atoms with Gasteiger partial charge < -0.3 is 4.42 Å². The van der Waals surface area contributed by atoms with Crippen molar-refractivity contribution in [3.05, 3.63) is 38.7 Å². The van der Waals surface area contributed by atoms with Crippen LogP contribution in [0, 0.1) is 6.92 Å². The molecule has 0 aliphatic rings. The number of aromatic nitrogens is 3. The third-order valence-electron chi connectivity index (χ3n) is 1.83. The normalized spacial score (nSPS) is 10.9. The first-order chi connectivity index (χ1) is 8.15. The maximum atomic E-state index is 10.9. The Labute approximate surface area is 104 Å². The molecule has 2 heterocycles. The Kier molecular flexibility index (Phi) is 3.33. The van der Waals surface area contributed by atoms with E-state index in [1.807, 2.05) is 0 Å². The summed E-state index contributed by atoms with van der Waals surface area (Å²) in [7, 11) is 0. The van der Waals surface area contributed by atoms with E-state index in [0.29, 0.717) is 21.9 Å². The lowest BCUT2D eigenvalue weighted by Gasteiger charge is -1.99. The molecule has 17 heavy (non-hydrogen) atoms. The van der Waals surface area contributed by atoms with E-state index in [1.165, 1.54) is 6.21 Å². The summed E-state index contributed by atoms with van der Waals surface area (Å²) in [5, 5.41) is 9.84. The predicted octanol–water partition coefficient (Wildman–Crippen LogP) is 1.27. The topological polar surface area (TPSA) is 96.2 Å². The van der Waals surface area contributed by atoms with E-state index in [1.54, 1.807) is 19.1 Å². The molecule has 0 aromatic carbocycles. The number of anilines is 1. The third-order valence-corrected chi connectivity index (χ3v) is 2.26. The fourth-order valence-electron chi connectivity index (χ4n) is 1.05. The van der Waals surface area contributed by atoms with Gasteiger partial charge >= 0.3 is 5.69 Å². The number of nitrogens with one attached hydrogen (secondary N) is 2. The molecule has 2 aromatic heterocycles. The Bertz CT molecular complexity index is 603. The minimum Gasteiger partial charge on any atom is -0.448 e. The summed E-state index contributed by atoms with van der Waals surface area (Å²) in [6.45, 7) is 1.70. The first-order valence-electron chi connectivity index (χ1n) is 4.63. The SMILES string of the molecule is Cc1n[nH]c(=O)nc1NN=Cc1ccc(Br)o1. The number of hydrazone groups is 1. The second-order valence-electron chi connectivity index (χ2n) is 3.09. The monoisotopic (exact) mass is 297 g/mol. The van der Waals surface area contributed by atoms with Gasteiger partial charge in [-0.3, -0.25) is 5.43 Å². The highest BCUT2D eigenvalue weighted by Gasteiger charge is 2.00. The van der Waals surface area contributed by atoms with Gasteiger partial charge in [0.2, 0.25) is 0 Å². The number of aromatic amines is 1. The molecule has 8 heteroatoms. The Morgan fingerprint density at radius 1 is 1.59 bits per heavy atom. The van der Waals surface area contributed by atoms with Crippen molar-refractivity contribution in [3.63, 3.8) is 0 Å². The van der Waals surface area contributed by atoms with Crippen LogP contribution in [0.25, 0.3) is 0 Å². The van der Waals surface area contributed by atoms with Crippen LogP contribution < -0.4 is 11.1 Å². The molecule has 2 aromatic rings. The van der Waals surface area contributed by atoms with Gasteiger partial charge in [-0.15, -0.1) is 0 Å². The van der Waals surface area contributed by atoms with Crippen molar-refractivity contribution >= 4 is 28.0 Å². The van der Waals surface area contributed by atoms with Crippen LogP contribution in [0.5, 0.6) is 0 Å². The van der Waals surface area contributed by atoms with Crippen molar-refractivity contribution in [2.75, 3.05) is 5.43 Å². The Morgan fingerprint density at radius 3 is 3.12 bits per heavy atom. The molecule has 0 amide bonds. The molecule has 0 spiro atoms.